The summed E-state index contributed by atoms with van der Waals surface area (Å²) in [6.07, 6.45) is 45.9. The largest absolute Gasteiger partial charge is 0.756 e. The maximum atomic E-state index is 12.7. The van der Waals surface area contributed by atoms with Crippen LogP contribution in [0.25, 0.3) is 0 Å². The van der Waals surface area contributed by atoms with Gasteiger partial charge in [-0.05, 0) is 51.4 Å². The number of phosphoric acid groups is 1. The molecule has 0 amide bonds. The van der Waals surface area contributed by atoms with Gasteiger partial charge in [-0.1, -0.05) is 179 Å². The number of hydrogen-bond acceptors (Lipinski definition) is 8. The van der Waals surface area contributed by atoms with Crippen molar-refractivity contribution in [1.82, 2.24) is 0 Å². The predicted molar refractivity (Wildman–Crippen MR) is 241 cm³/mol. The van der Waals surface area contributed by atoms with Gasteiger partial charge in [-0.3, -0.25) is 14.2 Å². The summed E-state index contributed by atoms with van der Waals surface area (Å²) in [5.74, 6) is -0.843. The molecule has 1 unspecified atom stereocenters. The fourth-order valence-electron chi connectivity index (χ4n) is 6.43. The number of ether oxygens (including phenoxy) is 2. The Morgan fingerprint density at radius 2 is 0.931 bits per heavy atom. The lowest BCUT2D eigenvalue weighted by molar-refractivity contribution is -0.870. The first-order valence-electron chi connectivity index (χ1n) is 23.7. The number of quaternary nitrogens is 1. The van der Waals surface area contributed by atoms with Crippen molar-refractivity contribution in [2.24, 2.45) is 0 Å². The third-order valence-electron chi connectivity index (χ3n) is 10.2. The van der Waals surface area contributed by atoms with Crippen molar-refractivity contribution < 1.29 is 42.1 Å². The van der Waals surface area contributed by atoms with Crippen molar-refractivity contribution in [2.75, 3.05) is 47.5 Å². The van der Waals surface area contributed by atoms with Gasteiger partial charge >= 0.3 is 11.9 Å². The van der Waals surface area contributed by atoms with E-state index in [9.17, 15) is 19.0 Å². The van der Waals surface area contributed by atoms with E-state index in [0.717, 1.165) is 70.6 Å². The highest BCUT2D eigenvalue weighted by atomic mass is 31.2. The lowest BCUT2D eigenvalue weighted by Gasteiger charge is -2.28. The zero-order valence-corrected chi connectivity index (χ0v) is 39.1. The smallest absolute Gasteiger partial charge is 0.306 e. The van der Waals surface area contributed by atoms with Crippen molar-refractivity contribution in [2.45, 2.75) is 213 Å². The highest BCUT2D eigenvalue weighted by Crippen LogP contribution is 2.38. The highest BCUT2D eigenvalue weighted by Gasteiger charge is 2.21. The minimum absolute atomic E-state index is 0.0329. The van der Waals surface area contributed by atoms with Crippen molar-refractivity contribution in [3.05, 3.63) is 36.5 Å². The van der Waals surface area contributed by atoms with E-state index in [1.54, 1.807) is 0 Å². The third kappa shape index (κ3) is 43.8. The molecule has 0 saturated heterocycles. The van der Waals surface area contributed by atoms with Crippen molar-refractivity contribution in [1.29, 1.82) is 0 Å². The maximum Gasteiger partial charge on any atom is 0.306 e. The summed E-state index contributed by atoms with van der Waals surface area (Å²) in [5, 5.41) is 0. The summed E-state index contributed by atoms with van der Waals surface area (Å²) in [6, 6.07) is 0. The van der Waals surface area contributed by atoms with Crippen LogP contribution >= 0.6 is 7.82 Å². The molecule has 0 rings (SSSR count). The van der Waals surface area contributed by atoms with Crippen molar-refractivity contribution in [3.8, 4) is 0 Å². The molecule has 0 N–H and O–H groups in total. The lowest BCUT2D eigenvalue weighted by atomic mass is 10.0. The molecule has 2 atom stereocenters. The topological polar surface area (TPSA) is 111 Å². The minimum atomic E-state index is -4.63. The summed E-state index contributed by atoms with van der Waals surface area (Å²) in [4.78, 5) is 37.6. The zero-order chi connectivity index (χ0) is 42.8. The van der Waals surface area contributed by atoms with Gasteiger partial charge in [0.2, 0.25) is 0 Å². The molecular weight excluding hydrogens is 750 g/mol. The summed E-state index contributed by atoms with van der Waals surface area (Å²) in [6.45, 7) is 4.20. The van der Waals surface area contributed by atoms with E-state index in [2.05, 4.69) is 50.3 Å². The number of likely N-dealkylation sites (N-methyl/N-ethyl adjacent to an activating group) is 1. The van der Waals surface area contributed by atoms with Crippen LogP contribution in [0.1, 0.15) is 206 Å². The Balaban J connectivity index is 4.33. The Morgan fingerprint density at radius 1 is 0.534 bits per heavy atom. The van der Waals surface area contributed by atoms with Crippen LogP contribution in [0, 0.1) is 0 Å². The average molecular weight is 840 g/mol. The van der Waals surface area contributed by atoms with Gasteiger partial charge in [0.15, 0.2) is 6.10 Å². The van der Waals surface area contributed by atoms with Gasteiger partial charge in [0.05, 0.1) is 27.7 Å². The van der Waals surface area contributed by atoms with Crippen LogP contribution in [-0.2, 0) is 32.7 Å². The van der Waals surface area contributed by atoms with Crippen LogP contribution in [0.2, 0.25) is 0 Å². The second kappa shape index (κ2) is 40.6. The molecule has 0 radical (unpaired) electrons. The number of carbonyl (C=O) groups excluding carboxylic acids is 2. The van der Waals surface area contributed by atoms with E-state index in [-0.39, 0.29) is 32.0 Å². The van der Waals surface area contributed by atoms with Crippen LogP contribution in [0.3, 0.4) is 0 Å². The normalized spacial score (nSPS) is 13.8. The summed E-state index contributed by atoms with van der Waals surface area (Å²) in [7, 11) is 1.16. The van der Waals surface area contributed by atoms with Crippen LogP contribution in [0.5, 0.6) is 0 Å². The molecule has 0 heterocycles. The van der Waals surface area contributed by atoms with Gasteiger partial charge in [0.25, 0.3) is 7.82 Å². The van der Waals surface area contributed by atoms with E-state index < -0.39 is 26.5 Å². The third-order valence-corrected chi connectivity index (χ3v) is 11.1. The first-order chi connectivity index (χ1) is 28.0. The summed E-state index contributed by atoms with van der Waals surface area (Å²) >= 11 is 0. The molecule has 0 bridgehead atoms. The maximum absolute atomic E-state index is 12.7. The van der Waals surface area contributed by atoms with Crippen LogP contribution < -0.4 is 4.89 Å². The van der Waals surface area contributed by atoms with Crippen LogP contribution in [0.15, 0.2) is 36.5 Å². The fraction of sp³-hybridized carbons (Fsp3) is 0.833. The molecule has 0 aliphatic heterocycles. The second-order valence-corrected chi connectivity index (χ2v) is 18.5. The zero-order valence-electron chi connectivity index (χ0n) is 38.2. The number of unbranched alkanes of at least 4 members (excludes halogenated alkanes) is 23. The molecule has 0 saturated carbocycles. The molecule has 9 nitrogen and oxygen atoms in total. The number of esters is 2. The monoisotopic (exact) mass is 840 g/mol. The summed E-state index contributed by atoms with van der Waals surface area (Å²) < 4.78 is 34.0. The van der Waals surface area contributed by atoms with Gasteiger partial charge in [0, 0.05) is 12.8 Å². The Labute approximate surface area is 357 Å². The summed E-state index contributed by atoms with van der Waals surface area (Å²) in [5.41, 5.74) is 0. The molecule has 0 aliphatic rings. The lowest BCUT2D eigenvalue weighted by Crippen LogP contribution is -2.37. The Kier molecular flexibility index (Phi) is 39.4. The Bertz CT molecular complexity index is 1090. The highest BCUT2D eigenvalue weighted by molar-refractivity contribution is 7.45. The van der Waals surface area contributed by atoms with Crippen LogP contribution in [0.4, 0.5) is 0 Å². The molecule has 0 aromatic rings. The minimum Gasteiger partial charge on any atom is -0.756 e. The molecule has 10 heteroatoms. The van der Waals surface area contributed by atoms with E-state index >= 15 is 0 Å². The predicted octanol–water partition coefficient (Wildman–Crippen LogP) is 13.1. The number of hydrogen-bond donors (Lipinski definition) is 0. The SMILES string of the molecule is CCCCC/C=C\C/C=C\C/C=C\CCCCCCCCC(=O)O[C@H](COC(=O)CCCCCCCCCCCCCCCCC)COP(=O)([O-])OCC[N+](C)(C)C. The fourth-order valence-corrected chi connectivity index (χ4v) is 7.16. The van der Waals surface area contributed by atoms with E-state index in [1.165, 1.54) is 103 Å². The molecule has 340 valence electrons. The standard InChI is InChI=1S/C48H90NO8P/c1-6-8-10-12-14-16-18-20-22-23-24-25-27-29-31-33-35-37-39-41-48(51)57-46(45-56-58(52,53)55-43-42-49(3,4)5)44-54-47(50)40-38-36-34-32-30-28-26-21-19-17-15-13-11-9-7-2/h14,16,20,22,24-25,46H,6-13,15,17-19,21,23,26-45H2,1-5H3/b16-14-,22-20-,25-24-/t46-/m1/s1. The molecule has 0 fully saturated rings. The molecule has 58 heavy (non-hydrogen) atoms. The van der Waals surface area contributed by atoms with E-state index in [4.69, 9.17) is 18.5 Å². The molecule has 0 aromatic heterocycles. The number of carbonyl (C=O) groups is 2. The van der Waals surface area contributed by atoms with Gasteiger partial charge in [-0.2, -0.15) is 0 Å². The van der Waals surface area contributed by atoms with Gasteiger partial charge in [-0.25, -0.2) is 0 Å². The van der Waals surface area contributed by atoms with Gasteiger partial charge in [-0.15, -0.1) is 0 Å². The van der Waals surface area contributed by atoms with Gasteiger partial charge in [0.1, 0.15) is 19.8 Å². The van der Waals surface area contributed by atoms with Crippen LogP contribution in [-0.4, -0.2) is 70.0 Å². The quantitative estimate of drug-likeness (QED) is 0.0196. The number of rotatable bonds is 43. The molecular formula is C48H90NO8P. The Hall–Kier alpha value is -1.77. The van der Waals surface area contributed by atoms with E-state index in [0.29, 0.717) is 17.4 Å². The Morgan fingerprint density at radius 3 is 1.41 bits per heavy atom. The first-order valence-corrected chi connectivity index (χ1v) is 25.2. The number of phosphoric ester groups is 1. The van der Waals surface area contributed by atoms with Crippen molar-refractivity contribution >= 4 is 19.8 Å². The van der Waals surface area contributed by atoms with Crippen molar-refractivity contribution in [3.63, 3.8) is 0 Å². The molecule has 0 aliphatic carbocycles. The second-order valence-electron chi connectivity index (χ2n) is 17.1. The number of nitrogens with zero attached hydrogens (tertiary/aromatic N) is 1. The molecule has 0 spiro atoms. The van der Waals surface area contributed by atoms with Gasteiger partial charge < -0.3 is 27.9 Å². The first kappa shape index (κ1) is 56.2. The average Bonchev–Trinajstić information content (AvgIpc) is 3.17. The molecule has 0 aromatic carbocycles. The number of allylic oxidation sites excluding steroid dienone is 6. The van der Waals surface area contributed by atoms with E-state index in [1.807, 2.05) is 21.1 Å².